The molecule has 0 aliphatic rings. The number of hydrogen-bond donors (Lipinski definition) is 1. The Kier molecular flexibility index (Phi) is 3.71. The minimum atomic E-state index is 0.224. The topological polar surface area (TPSA) is 20.2 Å². The van der Waals surface area contributed by atoms with Crippen molar-refractivity contribution in [3.05, 3.63) is 41.0 Å². The molecule has 0 fully saturated rings. The molecular formula is C12H16O. The zero-order valence-corrected chi connectivity index (χ0v) is 8.25. The third-order valence-corrected chi connectivity index (χ3v) is 1.85. The van der Waals surface area contributed by atoms with Crippen LogP contribution < -0.4 is 0 Å². The van der Waals surface area contributed by atoms with E-state index in [2.05, 4.69) is 38.1 Å². The second kappa shape index (κ2) is 4.83. The summed E-state index contributed by atoms with van der Waals surface area (Å²) in [6.45, 7) is 4.41. The Morgan fingerprint density at radius 3 is 2.31 bits per heavy atom. The molecule has 1 nitrogen and oxygen atoms in total. The average Bonchev–Trinajstić information content (AvgIpc) is 2.03. The van der Waals surface area contributed by atoms with Crippen molar-refractivity contribution in [1.29, 1.82) is 0 Å². The van der Waals surface area contributed by atoms with E-state index in [4.69, 9.17) is 5.11 Å². The standard InChI is InChI=1S/C12H16O/c1-10-7-11(2)9-12(8-10)5-3-4-6-13/h3,5,7-9,13H,4,6H2,1-2H3/b5-3+. The Balaban J connectivity index is 2.77. The first-order valence-corrected chi connectivity index (χ1v) is 4.58. The highest BCUT2D eigenvalue weighted by atomic mass is 16.2. The van der Waals surface area contributed by atoms with E-state index in [0.29, 0.717) is 0 Å². The van der Waals surface area contributed by atoms with E-state index in [1.165, 1.54) is 16.7 Å². The van der Waals surface area contributed by atoms with Gasteiger partial charge in [-0.2, -0.15) is 0 Å². The average molecular weight is 176 g/mol. The first kappa shape index (κ1) is 10.0. The summed E-state index contributed by atoms with van der Waals surface area (Å²) in [6.07, 6.45) is 4.78. The van der Waals surface area contributed by atoms with Crippen molar-refractivity contribution in [3.63, 3.8) is 0 Å². The van der Waals surface area contributed by atoms with Gasteiger partial charge in [-0.05, 0) is 25.8 Å². The van der Waals surface area contributed by atoms with Crippen molar-refractivity contribution in [3.8, 4) is 0 Å². The maximum atomic E-state index is 8.60. The predicted molar refractivity (Wildman–Crippen MR) is 56.7 cm³/mol. The predicted octanol–water partition coefficient (Wildman–Crippen LogP) is 2.70. The van der Waals surface area contributed by atoms with Crippen LogP contribution in [0.1, 0.15) is 23.1 Å². The molecule has 0 amide bonds. The molecule has 13 heavy (non-hydrogen) atoms. The molecule has 0 aliphatic heterocycles. The largest absolute Gasteiger partial charge is 0.396 e. The fraction of sp³-hybridized carbons (Fsp3) is 0.333. The molecule has 0 unspecified atom stereocenters. The van der Waals surface area contributed by atoms with Gasteiger partial charge in [-0.15, -0.1) is 0 Å². The number of rotatable bonds is 3. The molecule has 0 atom stereocenters. The van der Waals surface area contributed by atoms with Gasteiger partial charge in [-0.1, -0.05) is 41.5 Å². The van der Waals surface area contributed by atoms with E-state index < -0.39 is 0 Å². The lowest BCUT2D eigenvalue weighted by Gasteiger charge is -1.99. The van der Waals surface area contributed by atoms with E-state index in [9.17, 15) is 0 Å². The van der Waals surface area contributed by atoms with Crippen LogP contribution in [0.5, 0.6) is 0 Å². The smallest absolute Gasteiger partial charge is 0.0465 e. The molecule has 0 saturated heterocycles. The van der Waals surface area contributed by atoms with Gasteiger partial charge in [0.2, 0.25) is 0 Å². The van der Waals surface area contributed by atoms with Crippen LogP contribution in [-0.2, 0) is 0 Å². The monoisotopic (exact) mass is 176 g/mol. The Morgan fingerprint density at radius 1 is 1.15 bits per heavy atom. The molecule has 0 spiro atoms. The zero-order valence-electron chi connectivity index (χ0n) is 8.25. The summed E-state index contributed by atoms with van der Waals surface area (Å²) in [5, 5.41) is 8.60. The molecule has 0 saturated carbocycles. The molecule has 1 aromatic rings. The summed E-state index contributed by atoms with van der Waals surface area (Å²) in [5.41, 5.74) is 3.78. The number of benzene rings is 1. The lowest BCUT2D eigenvalue weighted by molar-refractivity contribution is 0.303. The van der Waals surface area contributed by atoms with Crippen LogP contribution in [0, 0.1) is 13.8 Å². The van der Waals surface area contributed by atoms with E-state index in [1.807, 2.05) is 6.08 Å². The highest BCUT2D eigenvalue weighted by molar-refractivity contribution is 5.51. The second-order valence-corrected chi connectivity index (χ2v) is 3.34. The minimum Gasteiger partial charge on any atom is -0.396 e. The summed E-state index contributed by atoms with van der Waals surface area (Å²) in [5.74, 6) is 0. The Hall–Kier alpha value is -1.08. The molecule has 70 valence electrons. The molecule has 1 rings (SSSR count). The van der Waals surface area contributed by atoms with Gasteiger partial charge >= 0.3 is 0 Å². The van der Waals surface area contributed by atoms with Gasteiger partial charge < -0.3 is 5.11 Å². The molecule has 0 radical (unpaired) electrons. The van der Waals surface area contributed by atoms with Crippen molar-refractivity contribution >= 4 is 6.08 Å². The maximum absolute atomic E-state index is 8.60. The van der Waals surface area contributed by atoms with Crippen molar-refractivity contribution in [1.82, 2.24) is 0 Å². The van der Waals surface area contributed by atoms with Gasteiger partial charge in [-0.3, -0.25) is 0 Å². The highest BCUT2D eigenvalue weighted by Crippen LogP contribution is 2.10. The van der Waals surface area contributed by atoms with Crippen molar-refractivity contribution in [2.24, 2.45) is 0 Å². The SMILES string of the molecule is Cc1cc(C)cc(/C=C/CCO)c1. The molecule has 1 N–H and O–H groups in total. The second-order valence-electron chi connectivity index (χ2n) is 3.34. The lowest BCUT2D eigenvalue weighted by Crippen LogP contribution is -1.80. The quantitative estimate of drug-likeness (QED) is 0.750. The lowest BCUT2D eigenvalue weighted by atomic mass is 10.1. The summed E-state index contributed by atoms with van der Waals surface area (Å²) < 4.78 is 0. The first-order chi connectivity index (χ1) is 6.22. The maximum Gasteiger partial charge on any atom is 0.0465 e. The van der Waals surface area contributed by atoms with Crippen molar-refractivity contribution in [2.45, 2.75) is 20.3 Å². The van der Waals surface area contributed by atoms with Crippen LogP contribution in [0.2, 0.25) is 0 Å². The van der Waals surface area contributed by atoms with Crippen LogP contribution in [0.25, 0.3) is 6.08 Å². The van der Waals surface area contributed by atoms with Gasteiger partial charge in [-0.25, -0.2) is 0 Å². The van der Waals surface area contributed by atoms with Crippen molar-refractivity contribution < 1.29 is 5.11 Å². The van der Waals surface area contributed by atoms with Gasteiger partial charge in [0.05, 0.1) is 0 Å². The van der Waals surface area contributed by atoms with Gasteiger partial charge in [0.25, 0.3) is 0 Å². The van der Waals surface area contributed by atoms with Crippen LogP contribution >= 0.6 is 0 Å². The fourth-order valence-electron chi connectivity index (χ4n) is 1.40. The van der Waals surface area contributed by atoms with Gasteiger partial charge in [0.15, 0.2) is 0 Å². The number of aliphatic hydroxyl groups excluding tert-OH is 1. The van der Waals surface area contributed by atoms with Crippen LogP contribution in [0.4, 0.5) is 0 Å². The van der Waals surface area contributed by atoms with Crippen LogP contribution in [0.15, 0.2) is 24.3 Å². The number of aryl methyl sites for hydroxylation is 2. The van der Waals surface area contributed by atoms with E-state index >= 15 is 0 Å². The number of hydrogen-bond acceptors (Lipinski definition) is 1. The van der Waals surface area contributed by atoms with Gasteiger partial charge in [0.1, 0.15) is 0 Å². The molecule has 1 aromatic carbocycles. The van der Waals surface area contributed by atoms with Crippen LogP contribution in [-0.4, -0.2) is 11.7 Å². The molecule has 1 heteroatoms. The summed E-state index contributed by atoms with van der Waals surface area (Å²) in [6, 6.07) is 6.44. The molecule has 0 aromatic heterocycles. The summed E-state index contributed by atoms with van der Waals surface area (Å²) in [4.78, 5) is 0. The summed E-state index contributed by atoms with van der Waals surface area (Å²) in [7, 11) is 0. The summed E-state index contributed by atoms with van der Waals surface area (Å²) >= 11 is 0. The molecule has 0 bridgehead atoms. The highest BCUT2D eigenvalue weighted by Gasteiger charge is 1.90. The van der Waals surface area contributed by atoms with E-state index in [1.54, 1.807) is 0 Å². The zero-order chi connectivity index (χ0) is 9.68. The minimum absolute atomic E-state index is 0.224. The Labute approximate surface area is 79.7 Å². The Bertz CT molecular complexity index is 280. The van der Waals surface area contributed by atoms with Gasteiger partial charge in [0, 0.05) is 6.61 Å². The Morgan fingerprint density at radius 2 is 1.77 bits per heavy atom. The normalized spacial score (nSPS) is 11.0. The van der Waals surface area contributed by atoms with Crippen LogP contribution in [0.3, 0.4) is 0 Å². The number of aliphatic hydroxyl groups is 1. The molecule has 0 heterocycles. The molecule has 0 aliphatic carbocycles. The van der Waals surface area contributed by atoms with Crippen molar-refractivity contribution in [2.75, 3.05) is 6.61 Å². The van der Waals surface area contributed by atoms with E-state index in [0.717, 1.165) is 6.42 Å². The molecular weight excluding hydrogens is 160 g/mol. The third kappa shape index (κ3) is 3.43. The third-order valence-electron chi connectivity index (χ3n) is 1.85. The van der Waals surface area contributed by atoms with E-state index in [-0.39, 0.29) is 6.61 Å². The first-order valence-electron chi connectivity index (χ1n) is 4.58. The fourth-order valence-corrected chi connectivity index (χ4v) is 1.40.